The summed E-state index contributed by atoms with van der Waals surface area (Å²) in [6.45, 7) is 1.75. The third-order valence-corrected chi connectivity index (χ3v) is 4.64. The van der Waals surface area contributed by atoms with E-state index in [1.54, 1.807) is 18.2 Å². The Hall–Kier alpha value is -3.12. The van der Waals surface area contributed by atoms with Crippen molar-refractivity contribution < 1.29 is 14.3 Å². The van der Waals surface area contributed by atoms with Gasteiger partial charge in [-0.3, -0.25) is 20.4 Å². The smallest absolute Gasteiger partial charge is 0.276 e. The second kappa shape index (κ2) is 9.19. The SMILES string of the molecule is Cc1ccc(OCC(=O)NNC(=O)c2ccc(-c3ccccc3)cc2)c(Br)c1. The minimum atomic E-state index is -0.457. The highest BCUT2D eigenvalue weighted by atomic mass is 79.9. The van der Waals surface area contributed by atoms with Crippen LogP contribution in [0.1, 0.15) is 15.9 Å². The van der Waals surface area contributed by atoms with E-state index in [1.165, 1.54) is 0 Å². The van der Waals surface area contributed by atoms with Crippen molar-refractivity contribution in [2.75, 3.05) is 6.61 Å². The van der Waals surface area contributed by atoms with E-state index in [2.05, 4.69) is 26.8 Å². The first-order valence-electron chi connectivity index (χ1n) is 8.66. The summed E-state index contributed by atoms with van der Waals surface area (Å²) in [4.78, 5) is 24.1. The zero-order chi connectivity index (χ0) is 19.9. The Morgan fingerprint density at radius 1 is 0.893 bits per heavy atom. The van der Waals surface area contributed by atoms with Gasteiger partial charge < -0.3 is 4.74 Å². The Balaban J connectivity index is 1.50. The maximum atomic E-state index is 12.2. The summed E-state index contributed by atoms with van der Waals surface area (Å²) in [6, 6.07) is 22.6. The average Bonchev–Trinajstić information content (AvgIpc) is 2.72. The van der Waals surface area contributed by atoms with Crippen LogP contribution in [0.2, 0.25) is 0 Å². The van der Waals surface area contributed by atoms with Gasteiger partial charge in [0.2, 0.25) is 0 Å². The zero-order valence-electron chi connectivity index (χ0n) is 15.2. The van der Waals surface area contributed by atoms with Crippen LogP contribution in [0, 0.1) is 6.92 Å². The quantitative estimate of drug-likeness (QED) is 0.584. The van der Waals surface area contributed by atoms with Crippen LogP contribution in [0.5, 0.6) is 5.75 Å². The van der Waals surface area contributed by atoms with Gasteiger partial charge in [0.05, 0.1) is 4.47 Å². The number of carbonyl (C=O) groups is 2. The van der Waals surface area contributed by atoms with Crippen LogP contribution in [-0.4, -0.2) is 18.4 Å². The first-order chi connectivity index (χ1) is 13.5. The van der Waals surface area contributed by atoms with Crippen molar-refractivity contribution in [3.05, 3.63) is 88.4 Å². The molecule has 0 saturated heterocycles. The molecule has 0 heterocycles. The van der Waals surface area contributed by atoms with Crippen molar-refractivity contribution in [2.24, 2.45) is 0 Å². The standard InChI is InChI=1S/C22H19BrN2O3/c1-15-7-12-20(19(23)13-15)28-14-21(26)24-25-22(27)18-10-8-17(9-11-18)16-5-3-2-4-6-16/h2-13H,14H2,1H3,(H,24,26)(H,25,27). The van der Waals surface area contributed by atoms with Gasteiger partial charge in [-0.15, -0.1) is 0 Å². The molecule has 3 aromatic carbocycles. The lowest BCUT2D eigenvalue weighted by Crippen LogP contribution is -2.43. The molecule has 5 nitrogen and oxygen atoms in total. The first-order valence-corrected chi connectivity index (χ1v) is 9.46. The van der Waals surface area contributed by atoms with Gasteiger partial charge in [-0.05, 0) is 63.8 Å². The average molecular weight is 439 g/mol. The number of halogens is 1. The second-order valence-corrected chi connectivity index (χ2v) is 7.02. The molecule has 0 unspecified atom stereocenters. The monoisotopic (exact) mass is 438 g/mol. The number of rotatable bonds is 5. The molecule has 6 heteroatoms. The molecule has 2 N–H and O–H groups in total. The summed E-state index contributed by atoms with van der Waals surface area (Å²) < 4.78 is 6.21. The molecule has 3 aromatic rings. The highest BCUT2D eigenvalue weighted by Crippen LogP contribution is 2.25. The molecular weight excluding hydrogens is 420 g/mol. The van der Waals surface area contributed by atoms with E-state index in [-0.39, 0.29) is 6.61 Å². The van der Waals surface area contributed by atoms with Crippen molar-refractivity contribution in [3.8, 4) is 16.9 Å². The van der Waals surface area contributed by atoms with Crippen molar-refractivity contribution in [1.29, 1.82) is 0 Å². The summed E-state index contributed by atoms with van der Waals surface area (Å²) in [7, 11) is 0. The third-order valence-electron chi connectivity index (χ3n) is 4.02. The van der Waals surface area contributed by atoms with Crippen LogP contribution in [0.25, 0.3) is 11.1 Å². The predicted molar refractivity (Wildman–Crippen MR) is 112 cm³/mol. The van der Waals surface area contributed by atoms with Gasteiger partial charge >= 0.3 is 0 Å². The van der Waals surface area contributed by atoms with Crippen LogP contribution >= 0.6 is 15.9 Å². The van der Waals surface area contributed by atoms with Gasteiger partial charge in [0.25, 0.3) is 11.8 Å². The Bertz CT molecular complexity index is 973. The molecule has 0 radical (unpaired) electrons. The van der Waals surface area contributed by atoms with Crippen LogP contribution in [0.15, 0.2) is 77.3 Å². The number of hydrogen-bond acceptors (Lipinski definition) is 3. The Morgan fingerprint density at radius 3 is 2.25 bits per heavy atom. The third kappa shape index (κ3) is 5.20. The van der Waals surface area contributed by atoms with Gasteiger partial charge in [0, 0.05) is 5.56 Å². The maximum absolute atomic E-state index is 12.2. The number of aryl methyl sites for hydroxylation is 1. The molecule has 0 atom stereocenters. The van der Waals surface area contributed by atoms with Crippen molar-refractivity contribution in [1.82, 2.24) is 10.9 Å². The van der Waals surface area contributed by atoms with E-state index < -0.39 is 11.8 Å². The molecule has 3 rings (SSSR count). The highest BCUT2D eigenvalue weighted by molar-refractivity contribution is 9.10. The number of ether oxygens (including phenoxy) is 1. The highest BCUT2D eigenvalue weighted by Gasteiger charge is 2.09. The van der Waals surface area contributed by atoms with E-state index in [1.807, 2.05) is 61.5 Å². The Labute approximate surface area is 171 Å². The number of nitrogens with one attached hydrogen (secondary N) is 2. The second-order valence-electron chi connectivity index (χ2n) is 6.17. The van der Waals surface area contributed by atoms with Crippen LogP contribution in [-0.2, 0) is 4.79 Å². The molecule has 0 bridgehead atoms. The fourth-order valence-corrected chi connectivity index (χ4v) is 3.15. The van der Waals surface area contributed by atoms with E-state index in [9.17, 15) is 9.59 Å². The molecular formula is C22H19BrN2O3. The molecule has 0 fully saturated rings. The Morgan fingerprint density at radius 2 is 1.57 bits per heavy atom. The van der Waals surface area contributed by atoms with E-state index in [0.29, 0.717) is 11.3 Å². The lowest BCUT2D eigenvalue weighted by atomic mass is 10.0. The van der Waals surface area contributed by atoms with Crippen molar-refractivity contribution >= 4 is 27.7 Å². The predicted octanol–water partition coefficient (Wildman–Crippen LogP) is 4.26. The van der Waals surface area contributed by atoms with Crippen molar-refractivity contribution in [2.45, 2.75) is 6.92 Å². The fraction of sp³-hybridized carbons (Fsp3) is 0.0909. The zero-order valence-corrected chi connectivity index (χ0v) is 16.8. The number of amides is 2. The normalized spacial score (nSPS) is 10.2. The van der Waals surface area contributed by atoms with Gasteiger partial charge in [0.1, 0.15) is 5.75 Å². The number of benzene rings is 3. The number of hydrogen-bond donors (Lipinski definition) is 2. The van der Waals surface area contributed by atoms with E-state index in [0.717, 1.165) is 21.2 Å². The van der Waals surface area contributed by atoms with Gasteiger partial charge in [-0.2, -0.15) is 0 Å². The minimum Gasteiger partial charge on any atom is -0.483 e. The van der Waals surface area contributed by atoms with E-state index >= 15 is 0 Å². The van der Waals surface area contributed by atoms with Crippen molar-refractivity contribution in [3.63, 3.8) is 0 Å². The van der Waals surface area contributed by atoms with Gasteiger partial charge in [-0.1, -0.05) is 48.5 Å². The molecule has 0 aliphatic heterocycles. The fourth-order valence-electron chi connectivity index (χ4n) is 2.55. The lowest BCUT2D eigenvalue weighted by molar-refractivity contribution is -0.123. The topological polar surface area (TPSA) is 67.4 Å². The summed E-state index contributed by atoms with van der Waals surface area (Å²) in [5, 5.41) is 0. The number of hydrazine groups is 1. The lowest BCUT2D eigenvalue weighted by Gasteiger charge is -2.10. The van der Waals surface area contributed by atoms with Crippen LogP contribution in [0.3, 0.4) is 0 Å². The molecule has 142 valence electrons. The molecule has 0 saturated carbocycles. The maximum Gasteiger partial charge on any atom is 0.276 e. The molecule has 0 aromatic heterocycles. The molecule has 2 amide bonds. The van der Waals surface area contributed by atoms with Crippen LogP contribution < -0.4 is 15.6 Å². The summed E-state index contributed by atoms with van der Waals surface area (Å²) in [5.41, 5.74) is 8.35. The summed E-state index contributed by atoms with van der Waals surface area (Å²) in [5.74, 6) is -0.296. The number of carbonyl (C=O) groups excluding carboxylic acids is 2. The first kappa shape index (κ1) is 19.6. The van der Waals surface area contributed by atoms with Crippen LogP contribution in [0.4, 0.5) is 0 Å². The largest absolute Gasteiger partial charge is 0.483 e. The molecule has 0 spiro atoms. The van der Waals surface area contributed by atoms with E-state index in [4.69, 9.17) is 4.74 Å². The summed E-state index contributed by atoms with van der Waals surface area (Å²) >= 11 is 3.39. The minimum absolute atomic E-state index is 0.213. The molecule has 0 aliphatic carbocycles. The molecule has 28 heavy (non-hydrogen) atoms. The van der Waals surface area contributed by atoms with Gasteiger partial charge in [0.15, 0.2) is 6.61 Å². The molecule has 0 aliphatic rings. The van der Waals surface area contributed by atoms with Gasteiger partial charge in [-0.25, -0.2) is 0 Å². The Kier molecular flexibility index (Phi) is 6.45. The summed E-state index contributed by atoms with van der Waals surface area (Å²) in [6.07, 6.45) is 0.